The molecule has 0 fully saturated rings. The highest BCUT2D eigenvalue weighted by atomic mass is 16.5. The highest BCUT2D eigenvalue weighted by Gasteiger charge is 2.18. The van der Waals surface area contributed by atoms with E-state index in [1.165, 1.54) is 4.90 Å². The summed E-state index contributed by atoms with van der Waals surface area (Å²) in [6, 6.07) is 6.72. The number of nitrogens with zero attached hydrogens (tertiary/aromatic N) is 1. The second kappa shape index (κ2) is 7.37. The minimum Gasteiger partial charge on any atom is -0.497 e. The molecule has 0 aromatic heterocycles. The maximum Gasteiger partial charge on any atom is 0.321 e. The minimum absolute atomic E-state index is 0.110. The van der Waals surface area contributed by atoms with E-state index in [1.807, 2.05) is 0 Å². The van der Waals surface area contributed by atoms with Crippen molar-refractivity contribution in [3.05, 3.63) is 24.3 Å². The number of nitrogens with one attached hydrogen (secondary N) is 1. The Morgan fingerprint density at radius 1 is 1.45 bits per heavy atom. The van der Waals surface area contributed by atoms with E-state index in [1.54, 1.807) is 45.3 Å². The van der Waals surface area contributed by atoms with Gasteiger partial charge in [0.2, 0.25) is 0 Å². The predicted octanol–water partition coefficient (Wildman–Crippen LogP) is 1.95. The van der Waals surface area contributed by atoms with E-state index >= 15 is 0 Å². The van der Waals surface area contributed by atoms with Crippen LogP contribution in [0.15, 0.2) is 24.3 Å². The number of carbonyl (C=O) groups is 2. The molecule has 0 heterocycles. The van der Waals surface area contributed by atoms with E-state index in [9.17, 15) is 9.59 Å². The number of urea groups is 1. The van der Waals surface area contributed by atoms with Crippen LogP contribution in [0.1, 0.15) is 13.3 Å². The first kappa shape index (κ1) is 15.8. The maximum absolute atomic E-state index is 12.0. The van der Waals surface area contributed by atoms with Crippen molar-refractivity contribution in [1.82, 2.24) is 5.32 Å². The van der Waals surface area contributed by atoms with Crippen molar-refractivity contribution in [3.8, 4) is 5.75 Å². The van der Waals surface area contributed by atoms with E-state index in [0.717, 1.165) is 0 Å². The van der Waals surface area contributed by atoms with Gasteiger partial charge in [0, 0.05) is 25.3 Å². The van der Waals surface area contributed by atoms with Crippen LogP contribution in [0.25, 0.3) is 0 Å². The quantitative estimate of drug-likeness (QED) is 0.834. The number of aliphatic carboxylic acids is 1. The number of hydrogen-bond acceptors (Lipinski definition) is 3. The van der Waals surface area contributed by atoms with E-state index in [-0.39, 0.29) is 12.6 Å². The minimum atomic E-state index is -0.906. The number of rotatable bonds is 6. The molecule has 20 heavy (non-hydrogen) atoms. The third-order valence-electron chi connectivity index (χ3n) is 3.09. The standard InChI is InChI=1S/C14H20N2O4/c1-4-10(13(17)18)9-15-14(19)16(2)11-6-5-7-12(8-11)20-3/h5-8,10H,4,9H2,1-3H3,(H,15,19)(H,17,18). The number of methoxy groups -OCH3 is 1. The number of hydrogen-bond donors (Lipinski definition) is 2. The first-order chi connectivity index (χ1) is 9.49. The first-order valence-corrected chi connectivity index (χ1v) is 6.38. The number of amides is 2. The summed E-state index contributed by atoms with van der Waals surface area (Å²) in [7, 11) is 3.17. The van der Waals surface area contributed by atoms with Crippen LogP contribution < -0.4 is 15.0 Å². The topological polar surface area (TPSA) is 78.9 Å². The van der Waals surface area contributed by atoms with Crippen LogP contribution in [0.3, 0.4) is 0 Å². The van der Waals surface area contributed by atoms with Crippen LogP contribution >= 0.6 is 0 Å². The lowest BCUT2D eigenvalue weighted by Gasteiger charge is -2.20. The van der Waals surface area contributed by atoms with Gasteiger partial charge in [-0.25, -0.2) is 4.79 Å². The average molecular weight is 280 g/mol. The molecule has 6 heteroatoms. The number of carboxylic acids is 1. The fourth-order valence-corrected chi connectivity index (χ4v) is 1.67. The van der Waals surface area contributed by atoms with Crippen LogP contribution in [-0.4, -0.2) is 37.8 Å². The van der Waals surface area contributed by atoms with Crippen LogP contribution in [0.2, 0.25) is 0 Å². The second-order valence-corrected chi connectivity index (χ2v) is 4.39. The molecule has 0 spiro atoms. The molecule has 110 valence electrons. The van der Waals surface area contributed by atoms with Gasteiger partial charge >= 0.3 is 12.0 Å². The monoisotopic (exact) mass is 280 g/mol. The molecule has 0 aliphatic heterocycles. The van der Waals surface area contributed by atoms with Crippen LogP contribution in [0.5, 0.6) is 5.75 Å². The normalized spacial score (nSPS) is 11.6. The zero-order chi connectivity index (χ0) is 15.1. The largest absolute Gasteiger partial charge is 0.497 e. The summed E-state index contributed by atoms with van der Waals surface area (Å²) >= 11 is 0. The lowest BCUT2D eigenvalue weighted by molar-refractivity contribution is -0.141. The average Bonchev–Trinajstić information content (AvgIpc) is 2.46. The van der Waals surface area contributed by atoms with Gasteiger partial charge in [-0.05, 0) is 18.6 Å². The molecule has 0 saturated carbocycles. The molecule has 1 atom stereocenters. The van der Waals surface area contributed by atoms with Gasteiger partial charge in [-0.15, -0.1) is 0 Å². The number of carboxylic acid groups (broad SMARTS) is 1. The van der Waals surface area contributed by atoms with E-state index < -0.39 is 11.9 Å². The maximum atomic E-state index is 12.0. The molecule has 1 rings (SSSR count). The Bertz CT molecular complexity index is 476. The van der Waals surface area contributed by atoms with Gasteiger partial charge in [0.15, 0.2) is 0 Å². The Kier molecular flexibility index (Phi) is 5.83. The van der Waals surface area contributed by atoms with E-state index in [0.29, 0.717) is 17.9 Å². The lowest BCUT2D eigenvalue weighted by Crippen LogP contribution is -2.41. The Morgan fingerprint density at radius 3 is 2.70 bits per heavy atom. The van der Waals surface area contributed by atoms with Crippen LogP contribution in [0.4, 0.5) is 10.5 Å². The Hall–Kier alpha value is -2.24. The summed E-state index contributed by atoms with van der Waals surface area (Å²) in [5, 5.41) is 11.5. The molecule has 0 radical (unpaired) electrons. The van der Waals surface area contributed by atoms with Gasteiger partial charge in [0.25, 0.3) is 0 Å². The molecule has 1 aromatic rings. The first-order valence-electron chi connectivity index (χ1n) is 6.38. The van der Waals surface area contributed by atoms with E-state index in [2.05, 4.69) is 5.32 Å². The van der Waals surface area contributed by atoms with Gasteiger partial charge in [-0.1, -0.05) is 13.0 Å². The fraction of sp³-hybridized carbons (Fsp3) is 0.429. The summed E-state index contributed by atoms with van der Waals surface area (Å²) < 4.78 is 5.10. The summed E-state index contributed by atoms with van der Waals surface area (Å²) in [6.45, 7) is 1.88. The SMILES string of the molecule is CCC(CNC(=O)N(C)c1cccc(OC)c1)C(=O)O. The third-order valence-corrected chi connectivity index (χ3v) is 3.09. The van der Waals surface area contributed by atoms with Gasteiger partial charge in [-0.3, -0.25) is 9.69 Å². The second-order valence-electron chi connectivity index (χ2n) is 4.39. The summed E-state index contributed by atoms with van der Waals surface area (Å²) in [6.07, 6.45) is 0.471. The number of carbonyl (C=O) groups excluding carboxylic acids is 1. The molecule has 2 amide bonds. The summed E-state index contributed by atoms with van der Waals surface area (Å²) in [5.41, 5.74) is 0.672. The van der Waals surface area contributed by atoms with Crippen molar-refractivity contribution in [2.45, 2.75) is 13.3 Å². The lowest BCUT2D eigenvalue weighted by atomic mass is 10.1. The zero-order valence-electron chi connectivity index (χ0n) is 11.9. The smallest absolute Gasteiger partial charge is 0.321 e. The number of anilines is 1. The van der Waals surface area contributed by atoms with Gasteiger partial charge in [0.1, 0.15) is 5.75 Å². The van der Waals surface area contributed by atoms with Crippen LogP contribution in [0, 0.1) is 5.92 Å². The van der Waals surface area contributed by atoms with Crippen molar-refractivity contribution >= 4 is 17.7 Å². The Morgan fingerprint density at radius 2 is 2.15 bits per heavy atom. The molecular weight excluding hydrogens is 260 g/mol. The Labute approximate surface area is 118 Å². The van der Waals surface area contributed by atoms with Crippen molar-refractivity contribution in [1.29, 1.82) is 0 Å². The number of ether oxygens (including phenoxy) is 1. The molecular formula is C14H20N2O4. The zero-order valence-corrected chi connectivity index (χ0v) is 11.9. The third kappa shape index (κ3) is 4.15. The Balaban J connectivity index is 2.64. The fourth-order valence-electron chi connectivity index (χ4n) is 1.67. The highest BCUT2D eigenvalue weighted by molar-refractivity contribution is 5.91. The molecule has 1 aromatic carbocycles. The predicted molar refractivity (Wildman–Crippen MR) is 76.2 cm³/mol. The molecule has 0 bridgehead atoms. The van der Waals surface area contributed by atoms with Crippen molar-refractivity contribution < 1.29 is 19.4 Å². The molecule has 2 N–H and O–H groups in total. The summed E-state index contributed by atoms with van der Waals surface area (Å²) in [4.78, 5) is 24.3. The molecule has 1 unspecified atom stereocenters. The van der Waals surface area contributed by atoms with Crippen molar-refractivity contribution in [2.75, 3.05) is 25.6 Å². The molecule has 6 nitrogen and oxygen atoms in total. The molecule has 0 saturated heterocycles. The van der Waals surface area contributed by atoms with E-state index in [4.69, 9.17) is 9.84 Å². The summed E-state index contributed by atoms with van der Waals surface area (Å²) in [5.74, 6) is -0.825. The van der Waals surface area contributed by atoms with Crippen molar-refractivity contribution in [2.24, 2.45) is 5.92 Å². The van der Waals surface area contributed by atoms with Gasteiger partial charge < -0.3 is 15.2 Å². The number of benzene rings is 1. The van der Waals surface area contributed by atoms with Gasteiger partial charge in [0.05, 0.1) is 13.0 Å². The molecule has 0 aliphatic rings. The molecule has 0 aliphatic carbocycles. The van der Waals surface area contributed by atoms with Crippen molar-refractivity contribution in [3.63, 3.8) is 0 Å². The van der Waals surface area contributed by atoms with Crippen LogP contribution in [-0.2, 0) is 4.79 Å². The van der Waals surface area contributed by atoms with Gasteiger partial charge in [-0.2, -0.15) is 0 Å². The highest BCUT2D eigenvalue weighted by Crippen LogP contribution is 2.19.